The zero-order valence-electron chi connectivity index (χ0n) is 5.94. The molecular formula is C6H6N2O3S. The van der Waals surface area contributed by atoms with E-state index < -0.39 is 11.4 Å². The molecule has 1 aromatic rings. The first kappa shape index (κ1) is 7.23. The van der Waals surface area contributed by atoms with E-state index in [0.29, 0.717) is 11.4 Å². The van der Waals surface area contributed by atoms with Crippen LogP contribution in [0.5, 0.6) is 11.5 Å². The summed E-state index contributed by atoms with van der Waals surface area (Å²) in [6, 6.07) is 3.13. The minimum absolute atomic E-state index is 0.233. The number of anilines is 2. The largest absolute Gasteiger partial charge is 0.417 e. The van der Waals surface area contributed by atoms with Gasteiger partial charge in [0.05, 0.1) is 5.69 Å². The van der Waals surface area contributed by atoms with Crippen LogP contribution in [0.1, 0.15) is 0 Å². The standard InChI is InChI=1S/C6H6N2O3S/c7-3-1-2-4-5(8)6(3)11-12(9)10-4/h1-2H,7-8H2. The molecule has 4 N–H and O–H groups in total. The van der Waals surface area contributed by atoms with Crippen molar-refractivity contribution in [2.24, 2.45) is 0 Å². The molecule has 12 heavy (non-hydrogen) atoms. The molecule has 5 nitrogen and oxygen atoms in total. The Morgan fingerprint density at radius 2 is 2.00 bits per heavy atom. The van der Waals surface area contributed by atoms with Crippen LogP contribution < -0.4 is 19.8 Å². The molecule has 0 aromatic heterocycles. The highest BCUT2D eigenvalue weighted by atomic mass is 32.2. The summed E-state index contributed by atoms with van der Waals surface area (Å²) in [5.74, 6) is 0.570. The summed E-state index contributed by atoms with van der Waals surface area (Å²) in [7, 11) is 0. The molecule has 1 aromatic carbocycles. The number of hydrogen-bond acceptors (Lipinski definition) is 5. The van der Waals surface area contributed by atoms with Crippen LogP contribution >= 0.6 is 0 Å². The van der Waals surface area contributed by atoms with E-state index in [9.17, 15) is 4.21 Å². The minimum Gasteiger partial charge on any atom is -0.396 e. The van der Waals surface area contributed by atoms with Crippen LogP contribution in [0.3, 0.4) is 0 Å². The molecular weight excluding hydrogens is 180 g/mol. The molecule has 0 saturated heterocycles. The van der Waals surface area contributed by atoms with Crippen LogP contribution in [0.4, 0.5) is 11.4 Å². The monoisotopic (exact) mass is 186 g/mol. The van der Waals surface area contributed by atoms with E-state index in [4.69, 9.17) is 19.8 Å². The van der Waals surface area contributed by atoms with E-state index in [1.165, 1.54) is 0 Å². The summed E-state index contributed by atoms with van der Waals surface area (Å²) in [5, 5.41) is 0. The highest BCUT2D eigenvalue weighted by Crippen LogP contribution is 2.40. The molecule has 0 radical (unpaired) electrons. The van der Waals surface area contributed by atoms with Crippen molar-refractivity contribution >= 4 is 22.7 Å². The molecule has 1 heterocycles. The van der Waals surface area contributed by atoms with E-state index in [-0.39, 0.29) is 11.4 Å². The molecule has 2 rings (SSSR count). The van der Waals surface area contributed by atoms with Crippen LogP contribution in [0.25, 0.3) is 0 Å². The van der Waals surface area contributed by atoms with Gasteiger partial charge in [-0.05, 0) is 12.1 Å². The smallest absolute Gasteiger partial charge is 0.396 e. The normalized spacial score (nSPS) is 19.5. The van der Waals surface area contributed by atoms with E-state index in [0.717, 1.165) is 0 Å². The van der Waals surface area contributed by atoms with Gasteiger partial charge in [-0.2, -0.15) is 4.21 Å². The molecule has 6 heteroatoms. The Bertz CT molecular complexity index is 366. The second kappa shape index (κ2) is 2.28. The molecule has 1 unspecified atom stereocenters. The molecule has 64 valence electrons. The van der Waals surface area contributed by atoms with Gasteiger partial charge in [-0.1, -0.05) is 0 Å². The molecule has 0 aliphatic carbocycles. The van der Waals surface area contributed by atoms with Gasteiger partial charge >= 0.3 is 11.4 Å². The second-order valence-corrected chi connectivity index (χ2v) is 3.01. The van der Waals surface area contributed by atoms with Crippen molar-refractivity contribution in [2.45, 2.75) is 0 Å². The lowest BCUT2D eigenvalue weighted by atomic mass is 10.2. The average molecular weight is 186 g/mol. The zero-order chi connectivity index (χ0) is 8.72. The van der Waals surface area contributed by atoms with E-state index in [1.54, 1.807) is 12.1 Å². The molecule has 0 fully saturated rings. The fraction of sp³-hybridized carbons (Fsp3) is 0. The van der Waals surface area contributed by atoms with Crippen LogP contribution in [-0.4, -0.2) is 4.21 Å². The lowest BCUT2D eigenvalue weighted by molar-refractivity contribution is 0.448. The number of benzene rings is 1. The molecule has 1 aliphatic heterocycles. The minimum atomic E-state index is -1.82. The van der Waals surface area contributed by atoms with Gasteiger partial charge in [0.15, 0.2) is 11.5 Å². The summed E-state index contributed by atoms with van der Waals surface area (Å²) in [6.45, 7) is 0. The Balaban J connectivity index is 2.66. The van der Waals surface area contributed by atoms with E-state index >= 15 is 0 Å². The predicted molar refractivity (Wildman–Crippen MR) is 44.7 cm³/mol. The topological polar surface area (TPSA) is 87.6 Å². The van der Waals surface area contributed by atoms with Gasteiger partial charge in [0, 0.05) is 0 Å². The van der Waals surface area contributed by atoms with Crippen molar-refractivity contribution in [3.8, 4) is 11.5 Å². The first-order valence-electron chi connectivity index (χ1n) is 3.15. The second-order valence-electron chi connectivity index (χ2n) is 2.27. The van der Waals surface area contributed by atoms with Gasteiger partial charge in [0.2, 0.25) is 0 Å². The third-order valence-corrected chi connectivity index (χ3v) is 2.11. The molecule has 0 saturated carbocycles. The fourth-order valence-corrected chi connectivity index (χ4v) is 1.57. The first-order valence-corrected chi connectivity index (χ1v) is 4.15. The third-order valence-electron chi connectivity index (χ3n) is 1.50. The van der Waals surface area contributed by atoms with Crippen molar-refractivity contribution in [2.75, 3.05) is 11.5 Å². The van der Waals surface area contributed by atoms with Gasteiger partial charge in [0.25, 0.3) is 0 Å². The Morgan fingerprint density at radius 1 is 1.25 bits per heavy atom. The summed E-state index contributed by atoms with van der Waals surface area (Å²) < 4.78 is 20.3. The Morgan fingerprint density at radius 3 is 2.75 bits per heavy atom. The fourth-order valence-electron chi connectivity index (χ4n) is 0.922. The SMILES string of the molecule is Nc1ccc2c(N)c1OS(=O)O2. The number of nitrogens with two attached hydrogens (primary N) is 2. The van der Waals surface area contributed by atoms with Gasteiger partial charge in [0.1, 0.15) is 5.69 Å². The molecule has 2 bridgehead atoms. The lowest BCUT2D eigenvalue weighted by Gasteiger charge is -2.17. The zero-order valence-corrected chi connectivity index (χ0v) is 6.76. The van der Waals surface area contributed by atoms with Gasteiger partial charge in [-0.15, -0.1) is 0 Å². The van der Waals surface area contributed by atoms with Crippen molar-refractivity contribution < 1.29 is 12.6 Å². The quantitative estimate of drug-likeness (QED) is 0.565. The van der Waals surface area contributed by atoms with Gasteiger partial charge in [-0.25, -0.2) is 0 Å². The van der Waals surface area contributed by atoms with Crippen LogP contribution in [0, 0.1) is 0 Å². The molecule has 0 spiro atoms. The summed E-state index contributed by atoms with van der Waals surface area (Å²) >= 11 is -1.82. The maximum absolute atomic E-state index is 10.8. The van der Waals surface area contributed by atoms with Crippen molar-refractivity contribution in [3.63, 3.8) is 0 Å². The summed E-state index contributed by atoms with van der Waals surface area (Å²) in [6.07, 6.45) is 0. The lowest BCUT2D eigenvalue weighted by Crippen LogP contribution is -2.16. The van der Waals surface area contributed by atoms with Crippen molar-refractivity contribution in [1.82, 2.24) is 0 Å². The van der Waals surface area contributed by atoms with Crippen LogP contribution in [0.2, 0.25) is 0 Å². The summed E-state index contributed by atoms with van der Waals surface area (Å²) in [5.41, 5.74) is 11.7. The maximum atomic E-state index is 10.8. The predicted octanol–water partition coefficient (Wildman–Crippen LogP) is 0.201. The average Bonchev–Trinajstić information content (AvgIpc) is 2.01. The Hall–Kier alpha value is -1.43. The van der Waals surface area contributed by atoms with Gasteiger partial charge in [-0.3, -0.25) is 0 Å². The van der Waals surface area contributed by atoms with E-state index in [2.05, 4.69) is 0 Å². The maximum Gasteiger partial charge on any atom is 0.417 e. The van der Waals surface area contributed by atoms with Crippen LogP contribution in [-0.2, 0) is 11.4 Å². The Kier molecular flexibility index (Phi) is 1.37. The number of hydrogen-bond donors (Lipinski definition) is 2. The van der Waals surface area contributed by atoms with Crippen LogP contribution in [0.15, 0.2) is 12.1 Å². The van der Waals surface area contributed by atoms with Gasteiger partial charge < -0.3 is 19.8 Å². The molecule has 1 aliphatic rings. The van der Waals surface area contributed by atoms with Crippen molar-refractivity contribution in [1.29, 1.82) is 0 Å². The highest BCUT2D eigenvalue weighted by Gasteiger charge is 2.22. The molecule has 0 amide bonds. The van der Waals surface area contributed by atoms with E-state index in [1.807, 2.05) is 0 Å². The number of fused-ring (bicyclic) bond motifs is 2. The molecule has 1 atom stereocenters. The Labute approximate surface area is 71.1 Å². The number of nitrogen functional groups attached to an aromatic ring is 2. The first-order chi connectivity index (χ1) is 5.68. The number of rotatable bonds is 0. The third kappa shape index (κ3) is 0.884. The summed E-state index contributed by atoms with van der Waals surface area (Å²) in [4.78, 5) is 0. The highest BCUT2D eigenvalue weighted by molar-refractivity contribution is 7.76. The van der Waals surface area contributed by atoms with Crippen molar-refractivity contribution in [3.05, 3.63) is 12.1 Å².